The highest BCUT2D eigenvalue weighted by atomic mass is 32.1. The Labute approximate surface area is 294 Å². The van der Waals surface area contributed by atoms with Gasteiger partial charge in [-0.1, -0.05) is 120 Å². The predicted molar refractivity (Wildman–Crippen MR) is 212 cm³/mol. The van der Waals surface area contributed by atoms with E-state index in [0.717, 1.165) is 5.69 Å². The molecular weight excluding hydrogens is 611 g/mol. The number of fused-ring (bicyclic) bond motifs is 7. The molecule has 0 fully saturated rings. The summed E-state index contributed by atoms with van der Waals surface area (Å²) >= 11 is 1.88. The van der Waals surface area contributed by atoms with Gasteiger partial charge in [-0.2, -0.15) is 0 Å². The molecule has 242 valence electrons. The molecule has 0 atom stereocenters. The summed E-state index contributed by atoms with van der Waals surface area (Å²) in [7, 11) is 0. The zero-order valence-corrected chi connectivity index (χ0v) is 30.2. The minimum Gasteiger partial charge on any atom is -0.310 e. The van der Waals surface area contributed by atoms with Crippen molar-refractivity contribution in [2.24, 2.45) is 0 Å². The zero-order chi connectivity index (χ0) is 33.7. The van der Waals surface area contributed by atoms with Gasteiger partial charge in [-0.3, -0.25) is 0 Å². The maximum atomic E-state index is 2.53. The van der Waals surface area contributed by atoms with Crippen LogP contribution in [0.4, 0.5) is 17.1 Å². The third kappa shape index (κ3) is 4.64. The molecule has 1 aromatic heterocycles. The van der Waals surface area contributed by atoms with Gasteiger partial charge in [0.1, 0.15) is 0 Å². The van der Waals surface area contributed by atoms with Crippen LogP contribution in [0.1, 0.15) is 76.6 Å². The predicted octanol–water partition coefficient (Wildman–Crippen LogP) is 13.8. The van der Waals surface area contributed by atoms with E-state index >= 15 is 0 Å². The van der Waals surface area contributed by atoms with Crippen molar-refractivity contribution in [3.8, 4) is 22.3 Å². The fourth-order valence-electron chi connectivity index (χ4n) is 8.77. The Bertz CT molecular complexity index is 2420. The normalized spacial score (nSPS) is 16.7. The molecule has 0 spiro atoms. The van der Waals surface area contributed by atoms with Crippen LogP contribution in [-0.2, 0) is 16.2 Å². The Morgan fingerprint density at radius 1 is 0.469 bits per heavy atom. The summed E-state index contributed by atoms with van der Waals surface area (Å²) in [5, 5.41) is 2.63. The van der Waals surface area contributed by atoms with E-state index in [2.05, 4.69) is 174 Å². The van der Waals surface area contributed by atoms with E-state index in [0.29, 0.717) is 0 Å². The van der Waals surface area contributed by atoms with Crippen molar-refractivity contribution in [1.82, 2.24) is 0 Å². The third-order valence-corrected chi connectivity index (χ3v) is 12.9. The van der Waals surface area contributed by atoms with Crippen molar-refractivity contribution in [2.75, 3.05) is 4.90 Å². The lowest BCUT2D eigenvalue weighted by Gasteiger charge is -2.42. The van der Waals surface area contributed by atoms with E-state index in [9.17, 15) is 0 Å². The van der Waals surface area contributed by atoms with Crippen molar-refractivity contribution >= 4 is 48.6 Å². The summed E-state index contributed by atoms with van der Waals surface area (Å²) < 4.78 is 2.65. The molecule has 6 aromatic carbocycles. The average Bonchev–Trinajstić information content (AvgIpc) is 3.59. The number of hydrogen-bond donors (Lipinski definition) is 0. The van der Waals surface area contributed by atoms with Crippen LogP contribution in [0.25, 0.3) is 42.4 Å². The van der Waals surface area contributed by atoms with E-state index in [1.807, 2.05) is 11.3 Å². The van der Waals surface area contributed by atoms with Crippen LogP contribution in [0.3, 0.4) is 0 Å². The summed E-state index contributed by atoms with van der Waals surface area (Å²) in [6.45, 7) is 14.5. The van der Waals surface area contributed by atoms with Gasteiger partial charge in [0, 0.05) is 42.5 Å². The molecule has 0 bridgehead atoms. The highest BCUT2D eigenvalue weighted by Crippen LogP contribution is 2.55. The van der Waals surface area contributed by atoms with Crippen LogP contribution in [0.2, 0.25) is 0 Å². The summed E-state index contributed by atoms with van der Waals surface area (Å²) in [5.41, 5.74) is 14.8. The van der Waals surface area contributed by atoms with E-state index in [4.69, 9.17) is 0 Å². The Kier molecular flexibility index (Phi) is 6.62. The topological polar surface area (TPSA) is 3.24 Å². The number of hydrogen-bond acceptors (Lipinski definition) is 2. The maximum absolute atomic E-state index is 2.53. The molecule has 0 N–H and O–H groups in total. The van der Waals surface area contributed by atoms with E-state index in [1.165, 1.54) is 88.9 Å². The standard InChI is InChI=1S/C47H43NS/c1-45(2)24-25-46(3,4)41-26-30(20-22-39(41)45)35-28-36-33-16-10-12-18-38(33)47(5,6)40(36)29-42(35)48(31-14-8-7-9-15-31)32-21-23-44-37(27-32)34-17-11-13-19-43(34)49-44/h7-23,26-29H,24-25H2,1-6H3. The van der Waals surface area contributed by atoms with Gasteiger partial charge >= 0.3 is 0 Å². The molecule has 49 heavy (non-hydrogen) atoms. The van der Waals surface area contributed by atoms with E-state index in [-0.39, 0.29) is 16.2 Å². The van der Waals surface area contributed by atoms with Crippen LogP contribution in [0.15, 0.2) is 127 Å². The number of anilines is 3. The number of benzene rings is 6. The second-order valence-corrected chi connectivity index (χ2v) is 17.1. The SMILES string of the molecule is CC1(C)CCC(C)(C)c2cc(-c3cc4c(cc3N(c3ccccc3)c3ccc5sc6ccccc6c5c3)C(C)(C)c3ccccc3-4)ccc21. The van der Waals surface area contributed by atoms with Crippen molar-refractivity contribution in [3.63, 3.8) is 0 Å². The lowest BCUT2D eigenvalue weighted by Crippen LogP contribution is -2.33. The smallest absolute Gasteiger partial charge is 0.0543 e. The van der Waals surface area contributed by atoms with E-state index < -0.39 is 0 Å². The molecule has 7 aromatic rings. The molecule has 1 heterocycles. The summed E-state index contributed by atoms with van der Waals surface area (Å²) in [5.74, 6) is 0. The molecule has 9 rings (SSSR count). The van der Waals surface area contributed by atoms with Gasteiger partial charge in [0.25, 0.3) is 0 Å². The van der Waals surface area contributed by atoms with Crippen LogP contribution in [0, 0.1) is 0 Å². The monoisotopic (exact) mass is 653 g/mol. The zero-order valence-electron chi connectivity index (χ0n) is 29.4. The molecule has 0 aliphatic heterocycles. The largest absolute Gasteiger partial charge is 0.310 e. The minimum absolute atomic E-state index is 0.114. The van der Waals surface area contributed by atoms with Gasteiger partial charge < -0.3 is 4.90 Å². The fourth-order valence-corrected chi connectivity index (χ4v) is 9.85. The third-order valence-electron chi connectivity index (χ3n) is 11.7. The highest BCUT2D eigenvalue weighted by molar-refractivity contribution is 7.25. The summed E-state index contributed by atoms with van der Waals surface area (Å²) in [6.07, 6.45) is 2.41. The molecule has 2 heteroatoms. The first-order valence-corrected chi connectivity index (χ1v) is 18.5. The lowest BCUT2D eigenvalue weighted by molar-refractivity contribution is 0.332. The molecule has 2 aliphatic rings. The molecule has 0 unspecified atom stereocenters. The van der Waals surface area contributed by atoms with Crippen LogP contribution in [-0.4, -0.2) is 0 Å². The molecular formula is C47H43NS. The number of thiophene rings is 1. The van der Waals surface area contributed by atoms with Crippen LogP contribution >= 0.6 is 11.3 Å². The molecule has 0 radical (unpaired) electrons. The first-order chi connectivity index (χ1) is 23.5. The maximum Gasteiger partial charge on any atom is 0.0543 e. The van der Waals surface area contributed by atoms with Gasteiger partial charge in [0.15, 0.2) is 0 Å². The van der Waals surface area contributed by atoms with Gasteiger partial charge in [-0.15, -0.1) is 11.3 Å². The minimum atomic E-state index is -0.114. The number of rotatable bonds is 4. The summed E-state index contributed by atoms with van der Waals surface area (Å²) in [4.78, 5) is 2.51. The molecule has 0 saturated heterocycles. The van der Waals surface area contributed by atoms with Crippen LogP contribution < -0.4 is 4.90 Å². The van der Waals surface area contributed by atoms with Gasteiger partial charge in [-0.25, -0.2) is 0 Å². The molecule has 2 aliphatic carbocycles. The fraction of sp³-hybridized carbons (Fsp3) is 0.234. The quantitative estimate of drug-likeness (QED) is 0.183. The van der Waals surface area contributed by atoms with Gasteiger partial charge in [0.05, 0.1) is 5.69 Å². The second kappa shape index (κ2) is 10.7. The number of nitrogens with zero attached hydrogens (tertiary/aromatic N) is 1. The Balaban J connectivity index is 1.35. The van der Waals surface area contributed by atoms with Gasteiger partial charge in [-0.05, 0) is 111 Å². The highest BCUT2D eigenvalue weighted by Gasteiger charge is 2.39. The lowest BCUT2D eigenvalue weighted by atomic mass is 9.63. The second-order valence-electron chi connectivity index (χ2n) is 16.1. The molecule has 0 saturated carbocycles. The van der Waals surface area contributed by atoms with E-state index in [1.54, 1.807) is 0 Å². The molecule has 0 amide bonds. The molecule has 1 nitrogen and oxygen atoms in total. The Morgan fingerprint density at radius 3 is 1.98 bits per heavy atom. The van der Waals surface area contributed by atoms with Crippen molar-refractivity contribution < 1.29 is 0 Å². The Morgan fingerprint density at radius 2 is 1.16 bits per heavy atom. The number of para-hydroxylation sites is 1. The van der Waals surface area contributed by atoms with Gasteiger partial charge in [0.2, 0.25) is 0 Å². The summed E-state index contributed by atoms with van der Waals surface area (Å²) in [6, 6.07) is 48.2. The Hall–Kier alpha value is -4.66. The first kappa shape index (κ1) is 30.4. The van der Waals surface area contributed by atoms with Crippen molar-refractivity contribution in [1.29, 1.82) is 0 Å². The van der Waals surface area contributed by atoms with Crippen LogP contribution in [0.5, 0.6) is 0 Å². The van der Waals surface area contributed by atoms with Crippen molar-refractivity contribution in [2.45, 2.75) is 70.6 Å². The van der Waals surface area contributed by atoms with Crippen molar-refractivity contribution in [3.05, 3.63) is 150 Å². The average molecular weight is 654 g/mol. The first-order valence-electron chi connectivity index (χ1n) is 17.7.